The van der Waals surface area contributed by atoms with Crippen LogP contribution in [0.3, 0.4) is 0 Å². The first-order valence-electron chi connectivity index (χ1n) is 7.99. The average Bonchev–Trinajstić information content (AvgIpc) is 2.60. The van der Waals surface area contributed by atoms with Crippen LogP contribution in [0.25, 0.3) is 0 Å². The Morgan fingerprint density at radius 1 is 1.20 bits per heavy atom. The van der Waals surface area contributed by atoms with Gasteiger partial charge in [-0.1, -0.05) is 12.1 Å². The molecule has 1 rings (SSSR count). The van der Waals surface area contributed by atoms with E-state index in [2.05, 4.69) is 15.6 Å². The molecule has 25 heavy (non-hydrogen) atoms. The Kier molecular flexibility index (Phi) is 12.9. The van der Waals surface area contributed by atoms with E-state index >= 15 is 0 Å². The molecule has 0 bridgehead atoms. The normalized spacial score (nSPS) is 10.6. The van der Waals surface area contributed by atoms with E-state index in [0.29, 0.717) is 32.3 Å². The number of amides is 1. The van der Waals surface area contributed by atoms with Gasteiger partial charge in [-0.15, -0.1) is 24.0 Å². The average molecular weight is 464 g/mol. The summed E-state index contributed by atoms with van der Waals surface area (Å²) in [5.74, 6) is 1.38. The molecule has 1 aromatic carbocycles. The summed E-state index contributed by atoms with van der Waals surface area (Å²) in [4.78, 5) is 17.8. The van der Waals surface area contributed by atoms with Gasteiger partial charge in [0.05, 0.1) is 26.8 Å². The second kappa shape index (κ2) is 13.7. The van der Waals surface area contributed by atoms with Crippen molar-refractivity contribution in [1.29, 1.82) is 0 Å². The molecule has 0 atom stereocenters. The predicted molar refractivity (Wildman–Crippen MR) is 111 cm³/mol. The maximum absolute atomic E-state index is 11.7. The van der Waals surface area contributed by atoms with E-state index in [1.165, 1.54) is 4.90 Å². The molecule has 0 spiro atoms. The third kappa shape index (κ3) is 10.1. The zero-order valence-electron chi connectivity index (χ0n) is 15.4. The summed E-state index contributed by atoms with van der Waals surface area (Å²) in [6.07, 6.45) is 0. The van der Waals surface area contributed by atoms with E-state index in [-0.39, 0.29) is 36.4 Å². The number of nitrogens with one attached hydrogen (secondary N) is 2. The summed E-state index contributed by atoms with van der Waals surface area (Å²) in [5.41, 5.74) is 1.06. The zero-order chi connectivity index (χ0) is 17.8. The number of carbonyl (C=O) groups is 1. The van der Waals surface area contributed by atoms with E-state index in [9.17, 15) is 4.79 Å². The van der Waals surface area contributed by atoms with Gasteiger partial charge >= 0.3 is 0 Å². The number of methoxy groups -OCH3 is 1. The Bertz CT molecular complexity index is 521. The van der Waals surface area contributed by atoms with Crippen LogP contribution in [0.1, 0.15) is 12.5 Å². The number of likely N-dealkylation sites (N-methyl/N-ethyl adjacent to an activating group) is 1. The van der Waals surface area contributed by atoms with Crippen LogP contribution in [-0.2, 0) is 16.1 Å². The molecule has 0 fully saturated rings. The van der Waals surface area contributed by atoms with Crippen molar-refractivity contribution in [3.8, 4) is 5.75 Å². The molecular weight excluding hydrogens is 435 g/mol. The fourth-order valence-corrected chi connectivity index (χ4v) is 1.78. The van der Waals surface area contributed by atoms with Crippen LogP contribution in [0, 0.1) is 0 Å². The number of halogens is 1. The number of nitrogens with zero attached hydrogens (tertiary/aromatic N) is 2. The Balaban J connectivity index is 0.00000576. The lowest BCUT2D eigenvalue weighted by atomic mass is 10.2. The van der Waals surface area contributed by atoms with Crippen molar-refractivity contribution in [1.82, 2.24) is 15.5 Å². The summed E-state index contributed by atoms with van der Waals surface area (Å²) < 4.78 is 10.4. The fourth-order valence-electron chi connectivity index (χ4n) is 1.78. The van der Waals surface area contributed by atoms with Crippen LogP contribution in [0.2, 0.25) is 0 Å². The lowest BCUT2D eigenvalue weighted by molar-refractivity contribution is -0.127. The number of guanidine groups is 1. The second-order valence-corrected chi connectivity index (χ2v) is 5.28. The van der Waals surface area contributed by atoms with Gasteiger partial charge in [-0.25, -0.2) is 4.99 Å². The maximum atomic E-state index is 11.7. The van der Waals surface area contributed by atoms with Gasteiger partial charge in [0.25, 0.3) is 0 Å². The standard InChI is InChI=1S/C17H28N4O3.HI/c1-5-24-11-10-18-17(20-13-16(22)21(2)3)19-12-14-6-8-15(23-4)9-7-14;/h6-9H,5,10-13H2,1-4H3,(H2,18,19,20);1H. The minimum atomic E-state index is -0.0150. The SMILES string of the molecule is CCOCCNC(=NCc1ccc(OC)cc1)NCC(=O)N(C)C.I. The van der Waals surface area contributed by atoms with Crippen LogP contribution in [0.15, 0.2) is 29.3 Å². The minimum Gasteiger partial charge on any atom is -0.497 e. The first-order valence-corrected chi connectivity index (χ1v) is 7.99. The zero-order valence-corrected chi connectivity index (χ0v) is 17.7. The third-order valence-electron chi connectivity index (χ3n) is 3.23. The van der Waals surface area contributed by atoms with Crippen LogP contribution in [-0.4, -0.2) is 64.3 Å². The first kappa shape index (κ1) is 23.4. The summed E-state index contributed by atoms with van der Waals surface area (Å²) in [6, 6.07) is 7.72. The second-order valence-electron chi connectivity index (χ2n) is 5.28. The smallest absolute Gasteiger partial charge is 0.241 e. The number of ether oxygens (including phenoxy) is 2. The monoisotopic (exact) mass is 464 g/mol. The van der Waals surface area contributed by atoms with Crippen LogP contribution < -0.4 is 15.4 Å². The number of rotatable bonds is 9. The van der Waals surface area contributed by atoms with Crippen molar-refractivity contribution in [3.05, 3.63) is 29.8 Å². The number of hydrogen-bond acceptors (Lipinski definition) is 4. The number of aliphatic imine (C=N–C) groups is 1. The Morgan fingerprint density at radius 2 is 1.88 bits per heavy atom. The van der Waals surface area contributed by atoms with Gasteiger partial charge in [-0.05, 0) is 24.6 Å². The lowest BCUT2D eigenvalue weighted by Gasteiger charge is -2.15. The van der Waals surface area contributed by atoms with Crippen LogP contribution in [0.4, 0.5) is 0 Å². The highest BCUT2D eigenvalue weighted by atomic mass is 127. The van der Waals surface area contributed by atoms with Gasteiger partial charge in [0.15, 0.2) is 5.96 Å². The maximum Gasteiger partial charge on any atom is 0.241 e. The third-order valence-corrected chi connectivity index (χ3v) is 3.23. The van der Waals surface area contributed by atoms with Crippen molar-refractivity contribution in [2.45, 2.75) is 13.5 Å². The number of hydrogen-bond donors (Lipinski definition) is 2. The summed E-state index contributed by atoms with van der Waals surface area (Å²) >= 11 is 0. The molecule has 0 aliphatic rings. The largest absolute Gasteiger partial charge is 0.497 e. The molecule has 0 heterocycles. The Hall–Kier alpha value is -1.55. The Labute approximate surface area is 167 Å². The molecule has 0 saturated heterocycles. The molecule has 0 unspecified atom stereocenters. The lowest BCUT2D eigenvalue weighted by Crippen LogP contribution is -2.43. The van der Waals surface area contributed by atoms with Gasteiger partial charge < -0.3 is 25.0 Å². The van der Waals surface area contributed by atoms with E-state index in [0.717, 1.165) is 11.3 Å². The predicted octanol–water partition coefficient (Wildman–Crippen LogP) is 1.47. The minimum absolute atomic E-state index is 0. The molecule has 0 radical (unpaired) electrons. The van der Waals surface area contributed by atoms with E-state index < -0.39 is 0 Å². The van der Waals surface area contributed by atoms with Crippen molar-refractivity contribution in [3.63, 3.8) is 0 Å². The van der Waals surface area contributed by atoms with Gasteiger partial charge in [0.2, 0.25) is 5.91 Å². The molecule has 0 aliphatic heterocycles. The molecule has 142 valence electrons. The van der Waals surface area contributed by atoms with E-state index in [1.54, 1.807) is 21.2 Å². The molecular formula is C17H29IN4O3. The summed E-state index contributed by atoms with van der Waals surface area (Å²) in [6.45, 7) is 4.53. The number of carbonyl (C=O) groups excluding carboxylic acids is 1. The van der Waals surface area contributed by atoms with Crippen LogP contribution >= 0.6 is 24.0 Å². The van der Waals surface area contributed by atoms with Crippen molar-refractivity contribution in [2.24, 2.45) is 4.99 Å². The molecule has 0 aliphatic carbocycles. The van der Waals surface area contributed by atoms with Crippen LogP contribution in [0.5, 0.6) is 5.75 Å². The van der Waals surface area contributed by atoms with Crippen molar-refractivity contribution < 1.29 is 14.3 Å². The molecule has 8 heteroatoms. The highest BCUT2D eigenvalue weighted by molar-refractivity contribution is 14.0. The van der Waals surface area contributed by atoms with Crippen molar-refractivity contribution >= 4 is 35.8 Å². The van der Waals surface area contributed by atoms with Crippen molar-refractivity contribution in [2.75, 3.05) is 47.5 Å². The van der Waals surface area contributed by atoms with Gasteiger partial charge in [-0.2, -0.15) is 0 Å². The molecule has 0 saturated carbocycles. The molecule has 0 aromatic heterocycles. The van der Waals surface area contributed by atoms with Gasteiger partial charge in [0.1, 0.15) is 5.75 Å². The van der Waals surface area contributed by atoms with E-state index in [4.69, 9.17) is 9.47 Å². The molecule has 7 nitrogen and oxygen atoms in total. The highest BCUT2D eigenvalue weighted by Gasteiger charge is 2.05. The molecule has 1 aromatic rings. The van der Waals surface area contributed by atoms with E-state index in [1.807, 2.05) is 31.2 Å². The number of benzene rings is 1. The fraction of sp³-hybridized carbons (Fsp3) is 0.529. The summed E-state index contributed by atoms with van der Waals surface area (Å²) in [7, 11) is 5.08. The van der Waals surface area contributed by atoms with Gasteiger partial charge in [-0.3, -0.25) is 4.79 Å². The molecule has 2 N–H and O–H groups in total. The summed E-state index contributed by atoms with van der Waals surface area (Å²) in [5, 5.41) is 6.20. The molecule has 1 amide bonds. The quantitative estimate of drug-likeness (QED) is 0.251. The first-order chi connectivity index (χ1) is 11.6. The highest BCUT2D eigenvalue weighted by Crippen LogP contribution is 2.11. The Morgan fingerprint density at radius 3 is 2.44 bits per heavy atom. The van der Waals surface area contributed by atoms with Gasteiger partial charge in [0, 0.05) is 27.2 Å². The topological polar surface area (TPSA) is 75.2 Å².